The standard InChI is InChI=1S/C18H15BrFN3O2/c1-10(12-3-5-14(20)6-4-12)7-16(24)25-11(2)17-22-15-8-13(19)9-21-18(15)23-17/h3-9,11H,1-2H3,(H,21,22,23)/b10-7-. The Hall–Kier alpha value is -2.54. The number of H-pyrrole nitrogens is 1. The Morgan fingerprint density at radius 3 is 2.80 bits per heavy atom. The number of esters is 1. The van der Waals surface area contributed by atoms with Crippen LogP contribution in [0.25, 0.3) is 16.7 Å². The molecule has 128 valence electrons. The van der Waals surface area contributed by atoms with Crippen LogP contribution in [0.4, 0.5) is 4.39 Å². The van der Waals surface area contributed by atoms with Gasteiger partial charge >= 0.3 is 5.97 Å². The molecule has 1 unspecified atom stereocenters. The van der Waals surface area contributed by atoms with E-state index in [0.717, 1.165) is 15.6 Å². The normalized spacial score (nSPS) is 13.0. The first kappa shape index (κ1) is 17.3. The Labute approximate surface area is 152 Å². The summed E-state index contributed by atoms with van der Waals surface area (Å²) in [4.78, 5) is 23.7. The molecule has 0 amide bonds. The first-order chi connectivity index (χ1) is 11.9. The van der Waals surface area contributed by atoms with E-state index in [2.05, 4.69) is 30.9 Å². The van der Waals surface area contributed by atoms with Gasteiger partial charge in [-0.1, -0.05) is 12.1 Å². The van der Waals surface area contributed by atoms with Gasteiger partial charge in [0.25, 0.3) is 0 Å². The fourth-order valence-corrected chi connectivity index (χ4v) is 2.65. The average molecular weight is 404 g/mol. The number of imidazole rings is 1. The Bertz CT molecular complexity index is 951. The van der Waals surface area contributed by atoms with E-state index in [1.807, 2.05) is 6.07 Å². The number of fused-ring (bicyclic) bond motifs is 1. The molecule has 7 heteroatoms. The highest BCUT2D eigenvalue weighted by atomic mass is 79.9. The molecule has 1 atom stereocenters. The summed E-state index contributed by atoms with van der Waals surface area (Å²) in [5.41, 5.74) is 2.75. The molecule has 1 aromatic carbocycles. The van der Waals surface area contributed by atoms with Gasteiger partial charge in [-0.2, -0.15) is 0 Å². The molecule has 0 aliphatic rings. The minimum atomic E-state index is -0.558. The van der Waals surface area contributed by atoms with Crippen molar-refractivity contribution in [2.75, 3.05) is 0 Å². The minimum absolute atomic E-state index is 0.321. The number of carbonyl (C=O) groups excluding carboxylic acids is 1. The molecule has 3 rings (SSSR count). The van der Waals surface area contributed by atoms with Crippen LogP contribution in [0.3, 0.4) is 0 Å². The van der Waals surface area contributed by atoms with E-state index < -0.39 is 12.1 Å². The Kier molecular flexibility index (Phi) is 4.94. The lowest BCUT2D eigenvalue weighted by Crippen LogP contribution is -2.08. The lowest BCUT2D eigenvalue weighted by atomic mass is 10.1. The lowest BCUT2D eigenvalue weighted by Gasteiger charge is -2.09. The SMILES string of the molecule is C/C(=C/C(=O)OC(C)c1nc2ncc(Br)cc2[nH]1)c1ccc(F)cc1. The molecule has 2 heterocycles. The van der Waals surface area contributed by atoms with Gasteiger partial charge in [0, 0.05) is 16.7 Å². The second-order valence-corrected chi connectivity index (χ2v) is 6.48. The van der Waals surface area contributed by atoms with Crippen molar-refractivity contribution >= 4 is 38.6 Å². The molecule has 1 N–H and O–H groups in total. The van der Waals surface area contributed by atoms with Crippen LogP contribution < -0.4 is 0 Å². The number of halogens is 2. The summed E-state index contributed by atoms with van der Waals surface area (Å²) in [7, 11) is 0. The van der Waals surface area contributed by atoms with Crippen molar-refractivity contribution in [2.45, 2.75) is 20.0 Å². The minimum Gasteiger partial charge on any atom is -0.451 e. The van der Waals surface area contributed by atoms with Crippen LogP contribution in [0.5, 0.6) is 0 Å². The van der Waals surface area contributed by atoms with E-state index in [0.29, 0.717) is 17.0 Å². The molecule has 3 aromatic rings. The number of nitrogens with zero attached hydrogens (tertiary/aromatic N) is 2. The number of aromatic amines is 1. The van der Waals surface area contributed by atoms with Crippen LogP contribution in [0.15, 0.2) is 47.1 Å². The van der Waals surface area contributed by atoms with Gasteiger partial charge < -0.3 is 9.72 Å². The van der Waals surface area contributed by atoms with Crippen molar-refractivity contribution in [3.05, 3.63) is 64.3 Å². The maximum atomic E-state index is 13.0. The number of nitrogens with one attached hydrogen (secondary N) is 1. The Morgan fingerprint density at radius 1 is 1.36 bits per heavy atom. The molecule has 0 radical (unpaired) electrons. The van der Waals surface area contributed by atoms with Crippen LogP contribution in [0.2, 0.25) is 0 Å². The zero-order chi connectivity index (χ0) is 18.0. The molecular weight excluding hydrogens is 389 g/mol. The highest BCUT2D eigenvalue weighted by Gasteiger charge is 2.15. The van der Waals surface area contributed by atoms with Crippen molar-refractivity contribution < 1.29 is 13.9 Å². The zero-order valence-electron chi connectivity index (χ0n) is 13.6. The van der Waals surface area contributed by atoms with Crippen molar-refractivity contribution in [3.63, 3.8) is 0 Å². The van der Waals surface area contributed by atoms with Crippen LogP contribution in [0.1, 0.15) is 31.3 Å². The number of hydrogen-bond acceptors (Lipinski definition) is 4. The first-order valence-electron chi connectivity index (χ1n) is 7.58. The number of carbonyl (C=O) groups is 1. The summed E-state index contributed by atoms with van der Waals surface area (Å²) in [5.74, 6) is -0.302. The average Bonchev–Trinajstić information content (AvgIpc) is 2.98. The van der Waals surface area contributed by atoms with E-state index in [1.54, 1.807) is 32.2 Å². The van der Waals surface area contributed by atoms with Crippen molar-refractivity contribution in [3.8, 4) is 0 Å². The van der Waals surface area contributed by atoms with Crippen molar-refractivity contribution in [1.82, 2.24) is 15.0 Å². The molecule has 5 nitrogen and oxygen atoms in total. The molecule has 0 saturated heterocycles. The zero-order valence-corrected chi connectivity index (χ0v) is 15.2. The summed E-state index contributed by atoms with van der Waals surface area (Å²) < 4.78 is 19.2. The predicted octanol–water partition coefficient (Wildman–Crippen LogP) is 4.57. The van der Waals surface area contributed by atoms with Crippen molar-refractivity contribution in [2.24, 2.45) is 0 Å². The van der Waals surface area contributed by atoms with E-state index in [9.17, 15) is 9.18 Å². The van der Waals surface area contributed by atoms with Gasteiger partial charge in [0.15, 0.2) is 11.8 Å². The topological polar surface area (TPSA) is 67.9 Å². The van der Waals surface area contributed by atoms with Gasteiger partial charge in [0.1, 0.15) is 11.6 Å². The number of benzene rings is 1. The van der Waals surface area contributed by atoms with Gasteiger partial charge in [-0.05, 0) is 59.1 Å². The number of hydrogen-bond donors (Lipinski definition) is 1. The largest absolute Gasteiger partial charge is 0.451 e. The van der Waals surface area contributed by atoms with E-state index in [-0.39, 0.29) is 5.82 Å². The molecular formula is C18H15BrFN3O2. The number of allylic oxidation sites excluding steroid dienone is 1. The van der Waals surface area contributed by atoms with Crippen molar-refractivity contribution in [1.29, 1.82) is 0 Å². The van der Waals surface area contributed by atoms with Gasteiger partial charge in [0.2, 0.25) is 0 Å². The number of rotatable bonds is 4. The van der Waals surface area contributed by atoms with E-state index in [1.165, 1.54) is 18.2 Å². The highest BCUT2D eigenvalue weighted by Crippen LogP contribution is 2.21. The van der Waals surface area contributed by atoms with Crippen LogP contribution in [-0.4, -0.2) is 20.9 Å². The first-order valence-corrected chi connectivity index (χ1v) is 8.37. The highest BCUT2D eigenvalue weighted by molar-refractivity contribution is 9.10. The molecule has 0 aliphatic heterocycles. The number of pyridine rings is 1. The Balaban J connectivity index is 1.72. The lowest BCUT2D eigenvalue weighted by molar-refractivity contribution is -0.142. The van der Waals surface area contributed by atoms with E-state index >= 15 is 0 Å². The summed E-state index contributed by atoms with van der Waals surface area (Å²) in [6.45, 7) is 3.49. The summed E-state index contributed by atoms with van der Waals surface area (Å²) in [6, 6.07) is 7.77. The van der Waals surface area contributed by atoms with Gasteiger partial charge in [-0.15, -0.1) is 0 Å². The molecule has 0 aliphatic carbocycles. The second kappa shape index (κ2) is 7.14. The molecule has 0 spiro atoms. The summed E-state index contributed by atoms with van der Waals surface area (Å²) >= 11 is 3.35. The molecule has 0 fully saturated rings. The third kappa shape index (κ3) is 4.11. The van der Waals surface area contributed by atoms with E-state index in [4.69, 9.17) is 4.74 Å². The maximum Gasteiger partial charge on any atom is 0.331 e. The van der Waals surface area contributed by atoms with Gasteiger partial charge in [-0.25, -0.2) is 19.2 Å². The fourth-order valence-electron chi connectivity index (χ4n) is 2.32. The molecule has 0 bridgehead atoms. The quantitative estimate of drug-likeness (QED) is 0.511. The van der Waals surface area contributed by atoms with Crippen LogP contribution >= 0.6 is 15.9 Å². The second-order valence-electron chi connectivity index (χ2n) is 5.56. The van der Waals surface area contributed by atoms with Gasteiger partial charge in [0.05, 0.1) is 5.52 Å². The maximum absolute atomic E-state index is 13.0. The number of ether oxygens (including phenoxy) is 1. The van der Waals surface area contributed by atoms with Crippen LogP contribution in [-0.2, 0) is 9.53 Å². The molecule has 0 saturated carbocycles. The summed E-state index contributed by atoms with van der Waals surface area (Å²) in [5, 5.41) is 0. The third-order valence-electron chi connectivity index (χ3n) is 3.63. The van der Waals surface area contributed by atoms with Gasteiger partial charge in [-0.3, -0.25) is 0 Å². The fraction of sp³-hybridized carbons (Fsp3) is 0.167. The molecule has 2 aromatic heterocycles. The molecule has 25 heavy (non-hydrogen) atoms. The van der Waals surface area contributed by atoms with Crippen LogP contribution in [0, 0.1) is 5.82 Å². The predicted molar refractivity (Wildman–Crippen MR) is 96.1 cm³/mol. The number of aromatic nitrogens is 3. The monoisotopic (exact) mass is 403 g/mol. The summed E-state index contributed by atoms with van der Waals surface area (Å²) in [6.07, 6.45) is 2.47. The Morgan fingerprint density at radius 2 is 2.08 bits per heavy atom. The smallest absolute Gasteiger partial charge is 0.331 e. The third-order valence-corrected chi connectivity index (χ3v) is 4.07.